The van der Waals surface area contributed by atoms with Crippen molar-refractivity contribution in [3.63, 3.8) is 0 Å². The predicted octanol–water partition coefficient (Wildman–Crippen LogP) is 3.53. The van der Waals surface area contributed by atoms with E-state index in [0.717, 1.165) is 44.8 Å². The number of rotatable bonds is 8. The minimum absolute atomic E-state index is 0.0339. The number of nitrogens with zero attached hydrogens (tertiary/aromatic N) is 1. The molecular weight excluding hydrogens is 362 g/mol. The van der Waals surface area contributed by atoms with Crippen molar-refractivity contribution in [1.29, 1.82) is 0 Å². The molecule has 0 radical (unpaired) electrons. The summed E-state index contributed by atoms with van der Waals surface area (Å²) >= 11 is 0. The highest BCUT2D eigenvalue weighted by atomic mass is 16.5. The van der Waals surface area contributed by atoms with Gasteiger partial charge in [-0.2, -0.15) is 0 Å². The second-order valence-corrected chi connectivity index (χ2v) is 7.61. The Morgan fingerprint density at radius 2 is 1.83 bits per heavy atom. The minimum Gasteiger partial charge on any atom is -0.379 e. The van der Waals surface area contributed by atoms with Crippen LogP contribution in [0.1, 0.15) is 29.9 Å². The Bertz CT molecular complexity index is 916. The van der Waals surface area contributed by atoms with Gasteiger partial charge in [0, 0.05) is 49.1 Å². The van der Waals surface area contributed by atoms with Crippen LogP contribution in [-0.4, -0.2) is 55.2 Å². The van der Waals surface area contributed by atoms with Crippen LogP contribution >= 0.6 is 0 Å². The fraction of sp³-hybridized carbons (Fsp3) is 0.375. The molecule has 1 saturated heterocycles. The van der Waals surface area contributed by atoms with Crippen LogP contribution in [0.4, 0.5) is 0 Å². The molecule has 4 rings (SSSR count). The number of carbonyl (C=O) groups excluding carboxylic acids is 1. The maximum Gasteiger partial charge on any atom is 0.220 e. The van der Waals surface area contributed by atoms with Gasteiger partial charge in [0.15, 0.2) is 0 Å². The first kappa shape index (κ1) is 19.7. The second kappa shape index (κ2) is 9.72. The van der Waals surface area contributed by atoms with Crippen molar-refractivity contribution < 1.29 is 9.53 Å². The molecule has 1 fully saturated rings. The highest BCUT2D eigenvalue weighted by Gasteiger charge is 2.21. The van der Waals surface area contributed by atoms with Gasteiger partial charge in [0.1, 0.15) is 0 Å². The van der Waals surface area contributed by atoms with Gasteiger partial charge in [-0.25, -0.2) is 0 Å². The fourth-order valence-corrected chi connectivity index (χ4v) is 4.09. The number of para-hydroxylation sites is 1. The molecule has 2 N–H and O–H groups in total. The van der Waals surface area contributed by atoms with E-state index >= 15 is 0 Å². The van der Waals surface area contributed by atoms with E-state index < -0.39 is 0 Å². The Morgan fingerprint density at radius 3 is 2.66 bits per heavy atom. The third kappa shape index (κ3) is 5.05. The van der Waals surface area contributed by atoms with Crippen LogP contribution in [0.15, 0.2) is 60.8 Å². The Kier molecular flexibility index (Phi) is 6.60. The van der Waals surface area contributed by atoms with Crippen LogP contribution in [0, 0.1) is 0 Å². The van der Waals surface area contributed by atoms with Crippen LogP contribution in [-0.2, 0) is 9.53 Å². The molecule has 2 aromatic carbocycles. The van der Waals surface area contributed by atoms with E-state index in [1.807, 2.05) is 36.5 Å². The van der Waals surface area contributed by atoms with Crippen LogP contribution in [0.25, 0.3) is 10.9 Å². The van der Waals surface area contributed by atoms with E-state index in [-0.39, 0.29) is 11.8 Å². The molecule has 2 heterocycles. The molecule has 0 bridgehead atoms. The lowest BCUT2D eigenvalue weighted by atomic mass is 9.88. The van der Waals surface area contributed by atoms with Gasteiger partial charge in [-0.15, -0.1) is 0 Å². The number of ether oxygens (including phenoxy) is 1. The maximum atomic E-state index is 12.8. The van der Waals surface area contributed by atoms with Gasteiger partial charge >= 0.3 is 0 Å². The largest absolute Gasteiger partial charge is 0.379 e. The zero-order chi connectivity index (χ0) is 19.9. The number of hydrogen-bond acceptors (Lipinski definition) is 3. The number of morpholine rings is 1. The SMILES string of the molecule is O=C(CC(c1ccccc1)c1c[nH]c2ccccc12)NCCCN1CCOCC1. The predicted molar refractivity (Wildman–Crippen MR) is 116 cm³/mol. The summed E-state index contributed by atoms with van der Waals surface area (Å²) in [6.45, 7) is 5.33. The highest BCUT2D eigenvalue weighted by molar-refractivity contribution is 5.86. The monoisotopic (exact) mass is 391 g/mol. The smallest absolute Gasteiger partial charge is 0.220 e. The number of aromatic amines is 1. The zero-order valence-electron chi connectivity index (χ0n) is 16.8. The Morgan fingerprint density at radius 1 is 1.07 bits per heavy atom. The summed E-state index contributed by atoms with van der Waals surface area (Å²) in [5.41, 5.74) is 3.45. The molecular formula is C24H29N3O2. The normalized spacial score (nSPS) is 16.0. The summed E-state index contributed by atoms with van der Waals surface area (Å²) in [5, 5.41) is 4.31. The van der Waals surface area contributed by atoms with Gasteiger partial charge in [-0.1, -0.05) is 48.5 Å². The number of H-pyrrole nitrogens is 1. The van der Waals surface area contributed by atoms with Crippen LogP contribution in [0.5, 0.6) is 0 Å². The quantitative estimate of drug-likeness (QED) is 0.578. The van der Waals surface area contributed by atoms with Crippen molar-refractivity contribution >= 4 is 16.8 Å². The lowest BCUT2D eigenvalue weighted by Gasteiger charge is -2.26. The minimum atomic E-state index is 0.0339. The lowest BCUT2D eigenvalue weighted by molar-refractivity contribution is -0.121. The second-order valence-electron chi connectivity index (χ2n) is 7.61. The zero-order valence-corrected chi connectivity index (χ0v) is 16.8. The molecule has 0 aliphatic carbocycles. The number of fused-ring (bicyclic) bond motifs is 1. The highest BCUT2D eigenvalue weighted by Crippen LogP contribution is 2.33. The summed E-state index contributed by atoms with van der Waals surface area (Å²) in [6, 6.07) is 18.6. The topological polar surface area (TPSA) is 57.4 Å². The fourth-order valence-electron chi connectivity index (χ4n) is 4.09. The molecule has 152 valence electrons. The molecule has 1 unspecified atom stereocenters. The van der Waals surface area contributed by atoms with E-state index in [9.17, 15) is 4.79 Å². The van der Waals surface area contributed by atoms with Crippen molar-refractivity contribution in [1.82, 2.24) is 15.2 Å². The van der Waals surface area contributed by atoms with E-state index in [0.29, 0.717) is 13.0 Å². The van der Waals surface area contributed by atoms with E-state index in [1.54, 1.807) is 0 Å². The maximum absolute atomic E-state index is 12.8. The Labute approximate surface area is 172 Å². The van der Waals surface area contributed by atoms with Gasteiger partial charge < -0.3 is 15.0 Å². The van der Waals surface area contributed by atoms with Gasteiger partial charge in [-0.3, -0.25) is 9.69 Å². The lowest BCUT2D eigenvalue weighted by Crippen LogP contribution is -2.38. The summed E-state index contributed by atoms with van der Waals surface area (Å²) in [5.74, 6) is 0.137. The molecule has 5 nitrogen and oxygen atoms in total. The Hall–Kier alpha value is -2.63. The molecule has 0 spiro atoms. The van der Waals surface area contributed by atoms with Gasteiger partial charge in [0.05, 0.1) is 13.2 Å². The molecule has 3 aromatic rings. The number of aromatic nitrogens is 1. The van der Waals surface area contributed by atoms with Crippen molar-refractivity contribution in [3.8, 4) is 0 Å². The standard InChI is InChI=1S/C24H29N3O2/c28-24(25-11-6-12-27-13-15-29-16-14-27)17-21(19-7-2-1-3-8-19)22-18-26-23-10-5-4-9-20(22)23/h1-5,7-10,18,21,26H,6,11-17H2,(H,25,28). The summed E-state index contributed by atoms with van der Waals surface area (Å²) in [4.78, 5) is 18.5. The number of amides is 1. The van der Waals surface area contributed by atoms with Crippen molar-refractivity contribution in [2.24, 2.45) is 0 Å². The molecule has 0 saturated carbocycles. The summed E-state index contributed by atoms with van der Waals surface area (Å²) in [7, 11) is 0. The number of carbonyl (C=O) groups is 1. The van der Waals surface area contributed by atoms with E-state index in [4.69, 9.17) is 4.74 Å². The van der Waals surface area contributed by atoms with Crippen molar-refractivity contribution in [2.45, 2.75) is 18.8 Å². The van der Waals surface area contributed by atoms with Gasteiger partial charge in [0.2, 0.25) is 5.91 Å². The molecule has 1 amide bonds. The molecule has 5 heteroatoms. The number of hydrogen-bond donors (Lipinski definition) is 2. The Balaban J connectivity index is 1.40. The average Bonchev–Trinajstić information content (AvgIpc) is 3.20. The molecule has 29 heavy (non-hydrogen) atoms. The first-order valence-electron chi connectivity index (χ1n) is 10.5. The third-order valence-corrected chi connectivity index (χ3v) is 5.67. The summed E-state index contributed by atoms with van der Waals surface area (Å²) < 4.78 is 5.38. The van der Waals surface area contributed by atoms with Crippen LogP contribution in [0.3, 0.4) is 0 Å². The molecule has 1 aliphatic heterocycles. The number of nitrogens with one attached hydrogen (secondary N) is 2. The van der Waals surface area contributed by atoms with Crippen LogP contribution in [0.2, 0.25) is 0 Å². The van der Waals surface area contributed by atoms with Crippen LogP contribution < -0.4 is 5.32 Å². The van der Waals surface area contributed by atoms with Crippen molar-refractivity contribution in [2.75, 3.05) is 39.4 Å². The molecule has 1 aromatic heterocycles. The van der Waals surface area contributed by atoms with E-state index in [2.05, 4.69) is 39.5 Å². The van der Waals surface area contributed by atoms with Gasteiger partial charge in [-0.05, 0) is 30.2 Å². The van der Waals surface area contributed by atoms with Crippen molar-refractivity contribution in [3.05, 3.63) is 71.9 Å². The van der Waals surface area contributed by atoms with E-state index in [1.165, 1.54) is 16.5 Å². The number of benzene rings is 2. The third-order valence-electron chi connectivity index (χ3n) is 5.67. The average molecular weight is 392 g/mol. The first-order chi connectivity index (χ1) is 14.3. The first-order valence-corrected chi connectivity index (χ1v) is 10.5. The molecule has 1 atom stereocenters. The van der Waals surface area contributed by atoms with Gasteiger partial charge in [0.25, 0.3) is 0 Å². The molecule has 1 aliphatic rings. The summed E-state index contributed by atoms with van der Waals surface area (Å²) in [6.07, 6.45) is 3.46.